The van der Waals surface area contributed by atoms with Gasteiger partial charge in [0.2, 0.25) is 0 Å². The first kappa shape index (κ1) is 17.8. The minimum absolute atomic E-state index is 0.264. The molecule has 1 aromatic carbocycles. The SMILES string of the molecule is NC(=O)c1cnc2ccc(-c3ccccc3-c3cccc(C(O)(O)O)n3)cn12. The highest BCUT2D eigenvalue weighted by Crippen LogP contribution is 2.32. The smallest absolute Gasteiger partial charge is 0.322 e. The second kappa shape index (κ2) is 6.54. The van der Waals surface area contributed by atoms with E-state index in [4.69, 9.17) is 5.73 Å². The zero-order valence-electron chi connectivity index (χ0n) is 14.5. The van der Waals surface area contributed by atoms with Gasteiger partial charge < -0.3 is 21.1 Å². The van der Waals surface area contributed by atoms with Crippen molar-refractivity contribution in [2.24, 2.45) is 5.73 Å². The lowest BCUT2D eigenvalue weighted by Crippen LogP contribution is -2.25. The number of amides is 1. The fraction of sp³-hybridized carbons (Fsp3) is 0.0500. The molecule has 0 atom stereocenters. The highest BCUT2D eigenvalue weighted by Gasteiger charge is 2.24. The zero-order valence-corrected chi connectivity index (χ0v) is 14.5. The molecule has 0 radical (unpaired) electrons. The fourth-order valence-electron chi connectivity index (χ4n) is 3.05. The van der Waals surface area contributed by atoms with Crippen molar-refractivity contribution in [3.8, 4) is 22.4 Å². The standard InChI is InChI=1S/C20H16N4O4/c21-19(25)16-10-22-18-9-8-12(11-24(16)18)13-4-1-2-5-14(13)15-6-3-7-17(23-15)20(26,27)28/h1-11,26-28H,(H2,21,25). The molecule has 4 rings (SSSR count). The van der Waals surface area contributed by atoms with E-state index >= 15 is 0 Å². The maximum absolute atomic E-state index is 11.6. The number of pyridine rings is 2. The number of rotatable bonds is 4. The van der Waals surface area contributed by atoms with Gasteiger partial charge in [0.25, 0.3) is 5.91 Å². The molecule has 0 saturated carbocycles. The van der Waals surface area contributed by atoms with Crippen LogP contribution in [0.1, 0.15) is 16.2 Å². The average Bonchev–Trinajstić information content (AvgIpc) is 3.11. The van der Waals surface area contributed by atoms with E-state index in [1.54, 1.807) is 28.8 Å². The van der Waals surface area contributed by atoms with Crippen LogP contribution in [0.4, 0.5) is 0 Å². The minimum Gasteiger partial charge on any atom is -0.364 e. The van der Waals surface area contributed by atoms with E-state index in [0.29, 0.717) is 16.9 Å². The molecule has 0 aliphatic heterocycles. The predicted molar refractivity (Wildman–Crippen MR) is 101 cm³/mol. The number of hydrogen-bond acceptors (Lipinski definition) is 6. The Morgan fingerprint density at radius 1 is 0.964 bits per heavy atom. The molecule has 3 heterocycles. The van der Waals surface area contributed by atoms with Crippen LogP contribution >= 0.6 is 0 Å². The summed E-state index contributed by atoms with van der Waals surface area (Å²) in [5, 5.41) is 28.3. The molecule has 8 nitrogen and oxygen atoms in total. The lowest BCUT2D eigenvalue weighted by Gasteiger charge is -2.15. The molecule has 0 saturated heterocycles. The topological polar surface area (TPSA) is 134 Å². The molecule has 8 heteroatoms. The van der Waals surface area contributed by atoms with Gasteiger partial charge in [-0.25, -0.2) is 9.97 Å². The highest BCUT2D eigenvalue weighted by molar-refractivity contribution is 5.92. The van der Waals surface area contributed by atoms with Gasteiger partial charge >= 0.3 is 5.97 Å². The second-order valence-electron chi connectivity index (χ2n) is 6.24. The molecule has 5 N–H and O–H groups in total. The Hall–Kier alpha value is -3.59. The Morgan fingerprint density at radius 3 is 2.43 bits per heavy atom. The largest absolute Gasteiger partial charge is 0.364 e. The van der Waals surface area contributed by atoms with Gasteiger partial charge in [0, 0.05) is 11.8 Å². The molecule has 28 heavy (non-hydrogen) atoms. The predicted octanol–water partition coefficient (Wildman–Crippen LogP) is 1.25. The van der Waals surface area contributed by atoms with Crippen LogP contribution in [0, 0.1) is 0 Å². The van der Waals surface area contributed by atoms with Gasteiger partial charge in [-0.05, 0) is 35.4 Å². The van der Waals surface area contributed by atoms with Crippen molar-refractivity contribution in [1.29, 1.82) is 0 Å². The third-order valence-electron chi connectivity index (χ3n) is 4.36. The van der Waals surface area contributed by atoms with E-state index in [1.165, 1.54) is 12.3 Å². The van der Waals surface area contributed by atoms with Crippen LogP contribution < -0.4 is 5.73 Å². The van der Waals surface area contributed by atoms with Gasteiger partial charge in [0.15, 0.2) is 0 Å². The number of aliphatic hydroxyl groups is 3. The van der Waals surface area contributed by atoms with Crippen molar-refractivity contribution < 1.29 is 20.1 Å². The van der Waals surface area contributed by atoms with E-state index in [2.05, 4.69) is 9.97 Å². The van der Waals surface area contributed by atoms with Gasteiger partial charge in [-0.2, -0.15) is 0 Å². The number of nitrogens with two attached hydrogens (primary N) is 1. The first-order valence-electron chi connectivity index (χ1n) is 8.36. The summed E-state index contributed by atoms with van der Waals surface area (Å²) in [6, 6.07) is 15.6. The lowest BCUT2D eigenvalue weighted by atomic mass is 9.98. The van der Waals surface area contributed by atoms with Crippen molar-refractivity contribution in [2.45, 2.75) is 5.97 Å². The monoisotopic (exact) mass is 376 g/mol. The van der Waals surface area contributed by atoms with Crippen LogP contribution in [0.15, 0.2) is 67.0 Å². The van der Waals surface area contributed by atoms with Crippen LogP contribution in [-0.2, 0) is 5.97 Å². The summed E-state index contributed by atoms with van der Waals surface area (Å²) in [6.07, 6.45) is 3.17. The number of nitrogens with zero attached hydrogens (tertiary/aromatic N) is 3. The lowest BCUT2D eigenvalue weighted by molar-refractivity contribution is -0.326. The van der Waals surface area contributed by atoms with Crippen LogP contribution in [0.5, 0.6) is 0 Å². The maximum atomic E-state index is 11.6. The summed E-state index contributed by atoms with van der Waals surface area (Å²) in [5.41, 5.74) is 8.68. The number of carbonyl (C=O) groups is 1. The van der Waals surface area contributed by atoms with Gasteiger partial charge in [-0.1, -0.05) is 30.3 Å². The van der Waals surface area contributed by atoms with Crippen molar-refractivity contribution in [3.05, 3.63) is 78.4 Å². The van der Waals surface area contributed by atoms with Crippen molar-refractivity contribution in [2.75, 3.05) is 0 Å². The molecule has 4 aromatic rings. The van der Waals surface area contributed by atoms with E-state index in [9.17, 15) is 20.1 Å². The molecule has 1 amide bonds. The van der Waals surface area contributed by atoms with Gasteiger partial charge in [0.1, 0.15) is 17.0 Å². The van der Waals surface area contributed by atoms with E-state index < -0.39 is 11.9 Å². The zero-order chi connectivity index (χ0) is 19.9. The summed E-state index contributed by atoms with van der Waals surface area (Å²) in [6.45, 7) is 0. The Labute approximate surface area is 159 Å². The van der Waals surface area contributed by atoms with Crippen LogP contribution in [-0.4, -0.2) is 35.6 Å². The average molecular weight is 376 g/mol. The molecule has 0 fully saturated rings. The van der Waals surface area contributed by atoms with Crippen molar-refractivity contribution in [1.82, 2.24) is 14.4 Å². The number of fused-ring (bicyclic) bond motifs is 1. The molecule has 140 valence electrons. The first-order chi connectivity index (χ1) is 13.3. The van der Waals surface area contributed by atoms with Gasteiger partial charge in [-0.15, -0.1) is 0 Å². The van der Waals surface area contributed by atoms with E-state index in [0.717, 1.165) is 11.1 Å². The summed E-state index contributed by atoms with van der Waals surface area (Å²) in [4.78, 5) is 19.9. The number of primary amides is 1. The molecule has 0 unspecified atom stereocenters. The number of hydrogen-bond donors (Lipinski definition) is 4. The number of benzene rings is 1. The number of carbonyl (C=O) groups excluding carboxylic acids is 1. The molecule has 0 aliphatic carbocycles. The van der Waals surface area contributed by atoms with Gasteiger partial charge in [-0.3, -0.25) is 9.20 Å². The van der Waals surface area contributed by atoms with E-state index in [-0.39, 0.29) is 11.4 Å². The summed E-state index contributed by atoms with van der Waals surface area (Å²) < 4.78 is 1.61. The Balaban J connectivity index is 1.89. The Kier molecular flexibility index (Phi) is 4.16. The van der Waals surface area contributed by atoms with Crippen molar-refractivity contribution in [3.63, 3.8) is 0 Å². The summed E-state index contributed by atoms with van der Waals surface area (Å²) >= 11 is 0. The first-order valence-corrected chi connectivity index (χ1v) is 8.36. The Bertz CT molecular complexity index is 1190. The summed E-state index contributed by atoms with van der Waals surface area (Å²) in [7, 11) is 0. The third kappa shape index (κ3) is 3.12. The molecular formula is C20H16N4O4. The number of imidazole rings is 1. The molecular weight excluding hydrogens is 360 g/mol. The fourth-order valence-corrected chi connectivity index (χ4v) is 3.05. The second-order valence-corrected chi connectivity index (χ2v) is 6.24. The van der Waals surface area contributed by atoms with Crippen LogP contribution in [0.3, 0.4) is 0 Å². The normalized spacial score (nSPS) is 11.7. The number of aromatic nitrogens is 3. The maximum Gasteiger partial charge on any atom is 0.322 e. The highest BCUT2D eigenvalue weighted by atomic mass is 16.7. The molecule has 3 aromatic heterocycles. The molecule has 0 bridgehead atoms. The molecule has 0 aliphatic rings. The summed E-state index contributed by atoms with van der Waals surface area (Å²) in [5.74, 6) is -3.62. The van der Waals surface area contributed by atoms with E-state index in [1.807, 2.05) is 30.3 Å². The van der Waals surface area contributed by atoms with Crippen LogP contribution in [0.25, 0.3) is 28.0 Å². The minimum atomic E-state index is -3.03. The quantitative estimate of drug-likeness (QED) is 0.396. The van der Waals surface area contributed by atoms with Gasteiger partial charge in [0.05, 0.1) is 11.9 Å². The molecule has 0 spiro atoms. The third-order valence-corrected chi connectivity index (χ3v) is 4.36. The van der Waals surface area contributed by atoms with Crippen molar-refractivity contribution >= 4 is 11.6 Å². The Morgan fingerprint density at radius 2 is 1.71 bits per heavy atom. The van der Waals surface area contributed by atoms with Crippen LogP contribution in [0.2, 0.25) is 0 Å².